The predicted octanol–water partition coefficient (Wildman–Crippen LogP) is 4.10. The molecule has 0 fully saturated rings. The fourth-order valence-corrected chi connectivity index (χ4v) is 3.52. The summed E-state index contributed by atoms with van der Waals surface area (Å²) < 4.78 is 7.86. The van der Waals surface area contributed by atoms with Crippen molar-refractivity contribution in [2.45, 2.75) is 31.7 Å². The number of carboxylic acids is 1. The topological polar surface area (TPSA) is 94.7 Å². The number of hydrogen-bond acceptors (Lipinski definition) is 6. The lowest BCUT2D eigenvalue weighted by molar-refractivity contribution is -0.141. The smallest absolute Gasteiger partial charge is 0.303 e. The molecule has 0 spiro atoms. The molecular formula is C20H19ClN4O3S. The highest BCUT2D eigenvalue weighted by atomic mass is 35.5. The number of halogens is 1. The Morgan fingerprint density at radius 3 is 2.66 bits per heavy atom. The van der Waals surface area contributed by atoms with Crippen molar-refractivity contribution in [3.63, 3.8) is 0 Å². The summed E-state index contributed by atoms with van der Waals surface area (Å²) in [6.45, 7) is 3.38. The lowest BCUT2D eigenvalue weighted by Gasteiger charge is -2.24. The van der Waals surface area contributed by atoms with Gasteiger partial charge in [0.1, 0.15) is 12.1 Å². The third-order valence-corrected chi connectivity index (χ3v) is 5.20. The Labute approximate surface area is 177 Å². The number of allylic oxidation sites excluding steroid dienone is 2. The van der Waals surface area contributed by atoms with Crippen molar-refractivity contribution in [2.75, 3.05) is 0 Å². The minimum absolute atomic E-state index is 0.103. The number of hydrazone groups is 1. The third kappa shape index (κ3) is 5.42. The Kier molecular flexibility index (Phi) is 7.00. The molecule has 0 radical (unpaired) electrons. The minimum atomic E-state index is -1.01. The second-order valence-corrected chi connectivity index (χ2v) is 7.48. The van der Waals surface area contributed by atoms with Crippen molar-refractivity contribution in [3.05, 3.63) is 58.7 Å². The molecule has 1 heterocycles. The quantitative estimate of drug-likeness (QED) is 0.520. The number of carbonyl (C=O) groups excluding carboxylic acids is 1. The summed E-state index contributed by atoms with van der Waals surface area (Å²) in [6, 6.07) is 6.98. The number of carbonyl (C=O) groups is 2. The monoisotopic (exact) mass is 430 g/mol. The lowest BCUT2D eigenvalue weighted by atomic mass is 9.94. The molecule has 0 aromatic heterocycles. The maximum absolute atomic E-state index is 12.7. The van der Waals surface area contributed by atoms with Crippen LogP contribution < -0.4 is 0 Å². The summed E-state index contributed by atoms with van der Waals surface area (Å²) in [5.41, 5.74) is 3.43. The van der Waals surface area contributed by atoms with E-state index in [1.807, 2.05) is 30.4 Å². The minimum Gasteiger partial charge on any atom is -0.481 e. The maximum atomic E-state index is 12.7. The average Bonchev–Trinajstić information content (AvgIpc) is 3.17. The number of rotatable bonds is 7. The molecule has 3 rings (SSSR count). The summed E-state index contributed by atoms with van der Waals surface area (Å²) in [4.78, 5) is 23.5. The van der Waals surface area contributed by atoms with Crippen LogP contribution in [0.15, 0.2) is 62.0 Å². The summed E-state index contributed by atoms with van der Waals surface area (Å²) in [5.74, 6) is -1.33. The van der Waals surface area contributed by atoms with Crippen molar-refractivity contribution in [2.24, 2.45) is 13.9 Å². The van der Waals surface area contributed by atoms with Gasteiger partial charge < -0.3 is 5.11 Å². The number of aliphatic carboxylic acids is 1. The van der Waals surface area contributed by atoms with Gasteiger partial charge in [0.25, 0.3) is 0 Å². The fourth-order valence-electron chi connectivity index (χ4n) is 3.09. The fraction of sp³-hybridized carbons (Fsp3) is 0.250. The maximum Gasteiger partial charge on any atom is 0.303 e. The molecule has 1 aromatic carbocycles. The molecular weight excluding hydrogens is 412 g/mol. The molecule has 0 saturated carbocycles. The molecule has 7 nitrogen and oxygen atoms in total. The number of carboxylic acid groups (broad SMARTS) is 1. The Balaban J connectivity index is 1.83. The molecule has 29 heavy (non-hydrogen) atoms. The molecule has 1 unspecified atom stereocenters. The predicted molar refractivity (Wildman–Crippen MR) is 117 cm³/mol. The van der Waals surface area contributed by atoms with Crippen LogP contribution in [-0.2, 0) is 9.59 Å². The van der Waals surface area contributed by atoms with Gasteiger partial charge in [-0.15, -0.1) is 0 Å². The average molecular weight is 431 g/mol. The van der Waals surface area contributed by atoms with Crippen molar-refractivity contribution in [3.8, 4) is 0 Å². The highest BCUT2D eigenvalue weighted by Gasteiger charge is 2.34. The van der Waals surface area contributed by atoms with Crippen LogP contribution in [0.1, 0.15) is 31.2 Å². The molecule has 1 atom stereocenters. The molecule has 1 aromatic rings. The molecule has 1 N–H and O–H groups in total. The Morgan fingerprint density at radius 1 is 1.28 bits per heavy atom. The van der Waals surface area contributed by atoms with E-state index in [4.69, 9.17) is 16.7 Å². The standard InChI is InChI=1S/C20H19ClN4O3S/c1-22-29-24-16-8-4-14(5-9-16)18-12-17(13-2-6-15(21)7-3-13)23-25(18)19(26)10-11-20(27)28/h2-8,18H,1,9-12H2,(H,27,28)/b24-16-. The van der Waals surface area contributed by atoms with Crippen LogP contribution in [0.2, 0.25) is 5.02 Å². The Bertz CT molecular complexity index is 938. The van der Waals surface area contributed by atoms with Crippen LogP contribution in [-0.4, -0.2) is 46.2 Å². The zero-order valence-electron chi connectivity index (χ0n) is 15.5. The van der Waals surface area contributed by atoms with Gasteiger partial charge >= 0.3 is 5.97 Å². The van der Waals surface area contributed by atoms with Crippen LogP contribution in [0.4, 0.5) is 0 Å². The number of nitrogens with zero attached hydrogens (tertiary/aromatic N) is 4. The van der Waals surface area contributed by atoms with Crippen LogP contribution in [0.3, 0.4) is 0 Å². The van der Waals surface area contributed by atoms with E-state index in [9.17, 15) is 9.59 Å². The molecule has 150 valence electrons. The molecule has 2 aliphatic rings. The molecule has 1 aliphatic carbocycles. The van der Waals surface area contributed by atoms with E-state index in [1.165, 1.54) is 5.01 Å². The summed E-state index contributed by atoms with van der Waals surface area (Å²) in [5, 5.41) is 15.5. The first-order valence-electron chi connectivity index (χ1n) is 8.92. The molecule has 1 amide bonds. The molecule has 9 heteroatoms. The van der Waals surface area contributed by atoms with E-state index < -0.39 is 5.97 Å². The van der Waals surface area contributed by atoms with Gasteiger partial charge in [0.2, 0.25) is 5.91 Å². The number of benzene rings is 1. The van der Waals surface area contributed by atoms with Crippen LogP contribution in [0.5, 0.6) is 0 Å². The van der Waals surface area contributed by atoms with Gasteiger partial charge in [0.05, 0.1) is 23.9 Å². The van der Waals surface area contributed by atoms with Gasteiger partial charge in [-0.3, -0.25) is 9.59 Å². The first-order valence-corrected chi connectivity index (χ1v) is 10.0. The van der Waals surface area contributed by atoms with E-state index >= 15 is 0 Å². The van der Waals surface area contributed by atoms with E-state index in [2.05, 4.69) is 20.6 Å². The van der Waals surface area contributed by atoms with Crippen molar-refractivity contribution in [1.29, 1.82) is 0 Å². The van der Waals surface area contributed by atoms with Gasteiger partial charge in [-0.05, 0) is 29.3 Å². The normalized spacial score (nSPS) is 19.8. The number of amides is 1. The van der Waals surface area contributed by atoms with Gasteiger partial charge in [-0.2, -0.15) is 9.50 Å². The summed E-state index contributed by atoms with van der Waals surface area (Å²) in [6.07, 6.45) is 6.61. The zero-order chi connectivity index (χ0) is 20.8. The molecule has 1 aliphatic heterocycles. The van der Waals surface area contributed by atoms with E-state index in [1.54, 1.807) is 12.1 Å². The SMILES string of the molecule is C=NS/N=C1/C=CC(C2CC(c3ccc(Cl)cc3)=NN2C(=O)CCC(=O)O)=CC1. The zero-order valence-corrected chi connectivity index (χ0v) is 17.1. The lowest BCUT2D eigenvalue weighted by Crippen LogP contribution is -2.34. The first kappa shape index (κ1) is 21.0. The molecule has 0 saturated heterocycles. The third-order valence-electron chi connectivity index (χ3n) is 4.51. The summed E-state index contributed by atoms with van der Waals surface area (Å²) >= 11 is 7.00. The van der Waals surface area contributed by atoms with Crippen LogP contribution in [0.25, 0.3) is 0 Å². The van der Waals surface area contributed by atoms with E-state index in [0.717, 1.165) is 34.7 Å². The Hall–Kier alpha value is -2.71. The molecule has 0 bridgehead atoms. The van der Waals surface area contributed by atoms with Crippen molar-refractivity contribution >= 4 is 53.8 Å². The first-order chi connectivity index (χ1) is 14.0. The van der Waals surface area contributed by atoms with Crippen LogP contribution >= 0.6 is 23.7 Å². The highest BCUT2D eigenvalue weighted by molar-refractivity contribution is 7.96. The van der Waals surface area contributed by atoms with Gasteiger partial charge in [-0.1, -0.05) is 35.9 Å². The van der Waals surface area contributed by atoms with E-state index in [0.29, 0.717) is 17.9 Å². The van der Waals surface area contributed by atoms with Crippen molar-refractivity contribution < 1.29 is 14.7 Å². The largest absolute Gasteiger partial charge is 0.481 e. The van der Waals surface area contributed by atoms with Gasteiger partial charge in [-0.25, -0.2) is 9.41 Å². The summed E-state index contributed by atoms with van der Waals surface area (Å²) in [7, 11) is 0. The Morgan fingerprint density at radius 2 is 2.03 bits per heavy atom. The van der Waals surface area contributed by atoms with Crippen LogP contribution in [0, 0.1) is 0 Å². The highest BCUT2D eigenvalue weighted by Crippen LogP contribution is 2.29. The van der Waals surface area contributed by atoms with Crippen molar-refractivity contribution in [1.82, 2.24) is 5.01 Å². The second-order valence-electron chi connectivity index (χ2n) is 6.44. The van der Waals surface area contributed by atoms with E-state index in [-0.39, 0.29) is 24.8 Å². The van der Waals surface area contributed by atoms with Gasteiger partial charge in [0, 0.05) is 31.0 Å². The second kappa shape index (κ2) is 9.67. The number of hydrogen-bond donors (Lipinski definition) is 1. The van der Waals surface area contributed by atoms with Gasteiger partial charge in [0.15, 0.2) is 0 Å².